The molecular formula is C12H14N2S2. The summed E-state index contributed by atoms with van der Waals surface area (Å²) in [6.45, 7) is 2.01. The highest BCUT2D eigenvalue weighted by Crippen LogP contribution is 2.28. The number of hydrogen-bond donors (Lipinski definition) is 1. The lowest BCUT2D eigenvalue weighted by Gasteiger charge is -2.00. The van der Waals surface area contributed by atoms with Gasteiger partial charge in [-0.2, -0.15) is 0 Å². The standard InChI is InChI=1S/C12H14N2S2/c1-9(13)7-15-12-14-11(8-16-12)10-5-3-2-4-6-10/h2-6,8-9H,7,13H2,1H3. The van der Waals surface area contributed by atoms with Crippen molar-refractivity contribution in [2.45, 2.75) is 17.3 Å². The van der Waals surface area contributed by atoms with Gasteiger partial charge in [-0.1, -0.05) is 42.1 Å². The molecule has 2 rings (SSSR count). The van der Waals surface area contributed by atoms with E-state index in [0.29, 0.717) is 0 Å². The van der Waals surface area contributed by atoms with Crippen LogP contribution < -0.4 is 5.73 Å². The largest absolute Gasteiger partial charge is 0.327 e. The lowest BCUT2D eigenvalue weighted by atomic mass is 10.2. The van der Waals surface area contributed by atoms with Crippen LogP contribution in [0.25, 0.3) is 11.3 Å². The van der Waals surface area contributed by atoms with Crippen molar-refractivity contribution in [3.8, 4) is 11.3 Å². The van der Waals surface area contributed by atoms with E-state index < -0.39 is 0 Å². The van der Waals surface area contributed by atoms with Gasteiger partial charge in [0.1, 0.15) is 0 Å². The molecule has 0 saturated heterocycles. The fraction of sp³-hybridized carbons (Fsp3) is 0.250. The molecule has 0 fully saturated rings. The molecule has 16 heavy (non-hydrogen) atoms. The number of aromatic nitrogens is 1. The highest BCUT2D eigenvalue weighted by atomic mass is 32.2. The number of benzene rings is 1. The summed E-state index contributed by atoms with van der Waals surface area (Å²) in [5, 5.41) is 2.10. The smallest absolute Gasteiger partial charge is 0.150 e. The van der Waals surface area contributed by atoms with E-state index >= 15 is 0 Å². The van der Waals surface area contributed by atoms with Gasteiger partial charge in [-0.05, 0) is 6.92 Å². The van der Waals surface area contributed by atoms with Crippen LogP contribution >= 0.6 is 23.1 Å². The summed E-state index contributed by atoms with van der Waals surface area (Å²) in [6, 6.07) is 10.5. The molecule has 2 N–H and O–H groups in total. The van der Waals surface area contributed by atoms with Crippen LogP contribution in [0.15, 0.2) is 40.1 Å². The van der Waals surface area contributed by atoms with Gasteiger partial charge in [0.2, 0.25) is 0 Å². The van der Waals surface area contributed by atoms with E-state index in [0.717, 1.165) is 15.8 Å². The molecule has 0 amide bonds. The Morgan fingerprint density at radius 3 is 2.81 bits per heavy atom. The summed E-state index contributed by atoms with van der Waals surface area (Å²) in [7, 11) is 0. The minimum Gasteiger partial charge on any atom is -0.327 e. The minimum absolute atomic E-state index is 0.217. The third kappa shape index (κ3) is 3.07. The van der Waals surface area contributed by atoms with Gasteiger partial charge in [0.15, 0.2) is 4.34 Å². The van der Waals surface area contributed by atoms with E-state index in [1.165, 1.54) is 5.56 Å². The predicted molar refractivity (Wildman–Crippen MR) is 71.9 cm³/mol. The van der Waals surface area contributed by atoms with Gasteiger partial charge in [-0.25, -0.2) is 4.98 Å². The molecule has 0 aliphatic heterocycles. The fourth-order valence-electron chi connectivity index (χ4n) is 1.27. The molecule has 0 saturated carbocycles. The molecule has 1 aromatic carbocycles. The Kier molecular flexibility index (Phi) is 3.98. The molecular weight excluding hydrogens is 236 g/mol. The Bertz CT molecular complexity index is 437. The van der Waals surface area contributed by atoms with Crippen LogP contribution in [-0.4, -0.2) is 16.8 Å². The van der Waals surface area contributed by atoms with Crippen molar-refractivity contribution in [1.29, 1.82) is 0 Å². The van der Waals surface area contributed by atoms with Crippen molar-refractivity contribution >= 4 is 23.1 Å². The lowest BCUT2D eigenvalue weighted by molar-refractivity contribution is 0.847. The minimum atomic E-state index is 0.217. The van der Waals surface area contributed by atoms with Crippen LogP contribution in [0.5, 0.6) is 0 Å². The van der Waals surface area contributed by atoms with Gasteiger partial charge in [0, 0.05) is 22.7 Å². The summed E-state index contributed by atoms with van der Waals surface area (Å²) in [5.41, 5.74) is 7.94. The van der Waals surface area contributed by atoms with Crippen LogP contribution in [0.4, 0.5) is 0 Å². The Balaban J connectivity index is 2.08. The van der Waals surface area contributed by atoms with Crippen molar-refractivity contribution in [3.05, 3.63) is 35.7 Å². The van der Waals surface area contributed by atoms with Crippen LogP contribution in [0.3, 0.4) is 0 Å². The van der Waals surface area contributed by atoms with Crippen LogP contribution in [-0.2, 0) is 0 Å². The van der Waals surface area contributed by atoms with Crippen molar-refractivity contribution in [2.24, 2.45) is 5.73 Å². The molecule has 0 aliphatic rings. The van der Waals surface area contributed by atoms with E-state index in [1.54, 1.807) is 23.1 Å². The molecule has 0 bridgehead atoms. The molecule has 84 valence electrons. The van der Waals surface area contributed by atoms with Crippen LogP contribution in [0.2, 0.25) is 0 Å². The average Bonchev–Trinajstić information content (AvgIpc) is 2.76. The number of thiazole rings is 1. The SMILES string of the molecule is CC(N)CSc1nc(-c2ccccc2)cs1. The number of nitrogens with two attached hydrogens (primary N) is 1. The van der Waals surface area contributed by atoms with E-state index in [2.05, 4.69) is 22.5 Å². The zero-order chi connectivity index (χ0) is 11.4. The van der Waals surface area contributed by atoms with Crippen molar-refractivity contribution < 1.29 is 0 Å². The zero-order valence-electron chi connectivity index (χ0n) is 9.09. The van der Waals surface area contributed by atoms with Gasteiger partial charge in [0.25, 0.3) is 0 Å². The first-order valence-corrected chi connectivity index (χ1v) is 7.01. The van der Waals surface area contributed by atoms with Crippen molar-refractivity contribution in [1.82, 2.24) is 4.98 Å². The second kappa shape index (κ2) is 5.48. The first-order valence-electron chi connectivity index (χ1n) is 5.15. The molecule has 2 nitrogen and oxygen atoms in total. The summed E-state index contributed by atoms with van der Waals surface area (Å²) < 4.78 is 1.09. The summed E-state index contributed by atoms with van der Waals surface area (Å²) >= 11 is 3.41. The van der Waals surface area contributed by atoms with Gasteiger partial charge in [0.05, 0.1) is 5.69 Å². The van der Waals surface area contributed by atoms with E-state index in [1.807, 2.05) is 25.1 Å². The summed E-state index contributed by atoms with van der Waals surface area (Å²) in [5.74, 6) is 0.918. The van der Waals surface area contributed by atoms with Crippen molar-refractivity contribution in [2.75, 3.05) is 5.75 Å². The molecule has 0 radical (unpaired) electrons. The third-order valence-corrected chi connectivity index (χ3v) is 4.33. The summed E-state index contributed by atoms with van der Waals surface area (Å²) in [4.78, 5) is 4.58. The normalized spacial score (nSPS) is 12.6. The number of thioether (sulfide) groups is 1. The molecule has 0 spiro atoms. The molecule has 1 unspecified atom stereocenters. The maximum absolute atomic E-state index is 5.71. The molecule has 4 heteroatoms. The van der Waals surface area contributed by atoms with E-state index in [-0.39, 0.29) is 6.04 Å². The molecule has 1 atom stereocenters. The average molecular weight is 250 g/mol. The van der Waals surface area contributed by atoms with Crippen molar-refractivity contribution in [3.63, 3.8) is 0 Å². The Labute approximate surface area is 104 Å². The Hall–Kier alpha value is -0.840. The van der Waals surface area contributed by atoms with Gasteiger partial charge in [-0.3, -0.25) is 0 Å². The lowest BCUT2D eigenvalue weighted by Crippen LogP contribution is -2.17. The topological polar surface area (TPSA) is 38.9 Å². The first-order chi connectivity index (χ1) is 7.75. The van der Waals surface area contributed by atoms with E-state index in [9.17, 15) is 0 Å². The second-order valence-corrected chi connectivity index (χ2v) is 5.78. The molecule has 0 aliphatic carbocycles. The highest BCUT2D eigenvalue weighted by molar-refractivity contribution is 8.01. The Morgan fingerprint density at radius 2 is 2.12 bits per heavy atom. The molecule has 1 aromatic heterocycles. The first kappa shape index (κ1) is 11.6. The van der Waals surface area contributed by atoms with Gasteiger partial charge >= 0.3 is 0 Å². The predicted octanol–water partition coefficient (Wildman–Crippen LogP) is 3.25. The Morgan fingerprint density at radius 1 is 1.38 bits per heavy atom. The highest BCUT2D eigenvalue weighted by Gasteiger charge is 2.05. The monoisotopic (exact) mass is 250 g/mol. The number of rotatable bonds is 4. The van der Waals surface area contributed by atoms with E-state index in [4.69, 9.17) is 5.73 Å². The molecule has 1 heterocycles. The maximum atomic E-state index is 5.71. The van der Waals surface area contributed by atoms with Crippen LogP contribution in [0.1, 0.15) is 6.92 Å². The number of nitrogens with zero attached hydrogens (tertiary/aromatic N) is 1. The third-order valence-electron chi connectivity index (χ3n) is 2.02. The zero-order valence-corrected chi connectivity index (χ0v) is 10.7. The fourth-order valence-corrected chi connectivity index (χ4v) is 3.01. The molecule has 2 aromatic rings. The quantitative estimate of drug-likeness (QED) is 0.847. The second-order valence-electron chi connectivity index (χ2n) is 3.65. The maximum Gasteiger partial charge on any atom is 0.150 e. The van der Waals surface area contributed by atoms with Crippen LogP contribution in [0, 0.1) is 0 Å². The van der Waals surface area contributed by atoms with Gasteiger partial charge in [-0.15, -0.1) is 11.3 Å². The van der Waals surface area contributed by atoms with Gasteiger partial charge < -0.3 is 5.73 Å². The number of hydrogen-bond acceptors (Lipinski definition) is 4. The summed E-state index contributed by atoms with van der Waals surface area (Å²) in [6.07, 6.45) is 0.